The molecule has 0 fully saturated rings. The van der Waals surface area contributed by atoms with Gasteiger partial charge in [0, 0.05) is 32.0 Å². The van der Waals surface area contributed by atoms with Gasteiger partial charge >= 0.3 is 6.55 Å². The van der Waals surface area contributed by atoms with E-state index in [0.717, 1.165) is 12.2 Å². The molecule has 2 heterocycles. The molecule has 2 aromatic heterocycles. The molecule has 0 aliphatic heterocycles. The van der Waals surface area contributed by atoms with Crippen LogP contribution < -0.4 is 5.32 Å². The Balaban J connectivity index is 1.80. The lowest BCUT2D eigenvalue weighted by Crippen LogP contribution is -2.14. The lowest BCUT2D eigenvalue weighted by atomic mass is 10.4. The third-order valence-electron chi connectivity index (χ3n) is 2.50. The molecule has 98 valence electrons. The van der Waals surface area contributed by atoms with E-state index in [1.807, 2.05) is 23.9 Å². The van der Waals surface area contributed by atoms with E-state index in [2.05, 4.69) is 15.5 Å². The maximum absolute atomic E-state index is 12.3. The summed E-state index contributed by atoms with van der Waals surface area (Å²) in [5.41, 5.74) is 1.51. The van der Waals surface area contributed by atoms with E-state index < -0.39 is 6.55 Å². The second kappa shape index (κ2) is 5.72. The zero-order chi connectivity index (χ0) is 13.0. The second-order valence-corrected chi connectivity index (χ2v) is 3.83. The fraction of sp³-hybridized carbons (Fsp3) is 0.455. The molecule has 0 saturated heterocycles. The number of nitrogens with zero attached hydrogens (tertiary/aromatic N) is 4. The van der Waals surface area contributed by atoms with Crippen LogP contribution in [0, 0.1) is 0 Å². The van der Waals surface area contributed by atoms with Gasteiger partial charge in [0.25, 0.3) is 0 Å². The van der Waals surface area contributed by atoms with E-state index in [4.69, 9.17) is 0 Å². The van der Waals surface area contributed by atoms with Gasteiger partial charge in [0.2, 0.25) is 0 Å². The molecule has 0 amide bonds. The Labute approximate surface area is 103 Å². The summed E-state index contributed by atoms with van der Waals surface area (Å²) in [5.74, 6) is 0. The van der Waals surface area contributed by atoms with E-state index in [9.17, 15) is 8.78 Å². The Morgan fingerprint density at radius 2 is 1.83 bits per heavy atom. The minimum atomic E-state index is -2.58. The molecular weight excluding hydrogens is 240 g/mol. The van der Waals surface area contributed by atoms with Gasteiger partial charge in [-0.15, -0.1) is 0 Å². The van der Waals surface area contributed by atoms with E-state index in [-0.39, 0.29) is 0 Å². The van der Waals surface area contributed by atoms with Gasteiger partial charge in [-0.1, -0.05) is 0 Å². The van der Waals surface area contributed by atoms with Crippen LogP contribution >= 0.6 is 0 Å². The molecule has 0 saturated carbocycles. The average Bonchev–Trinajstić information content (AvgIpc) is 2.97. The molecule has 5 nitrogen and oxygen atoms in total. The molecule has 0 aliphatic rings. The summed E-state index contributed by atoms with van der Waals surface area (Å²) < 4.78 is 27.0. The quantitative estimate of drug-likeness (QED) is 0.856. The number of hydrogen-bond donors (Lipinski definition) is 1. The van der Waals surface area contributed by atoms with E-state index in [1.165, 1.54) is 6.20 Å². The van der Waals surface area contributed by atoms with Crippen molar-refractivity contribution in [2.45, 2.75) is 33.1 Å². The van der Waals surface area contributed by atoms with Crippen molar-refractivity contribution >= 4 is 0 Å². The van der Waals surface area contributed by atoms with Crippen LogP contribution in [0.2, 0.25) is 0 Å². The van der Waals surface area contributed by atoms with Crippen LogP contribution in [-0.2, 0) is 19.6 Å². The first kappa shape index (κ1) is 12.7. The highest BCUT2D eigenvalue weighted by atomic mass is 19.3. The predicted octanol–water partition coefficient (Wildman–Crippen LogP) is 1.78. The minimum Gasteiger partial charge on any atom is -0.305 e. The van der Waals surface area contributed by atoms with Crippen molar-refractivity contribution in [1.82, 2.24) is 24.9 Å². The fourth-order valence-electron chi connectivity index (χ4n) is 1.57. The fourth-order valence-corrected chi connectivity index (χ4v) is 1.57. The van der Waals surface area contributed by atoms with Crippen LogP contribution in [0.4, 0.5) is 8.78 Å². The number of hydrogen-bond acceptors (Lipinski definition) is 3. The Kier molecular flexibility index (Phi) is 4.03. The van der Waals surface area contributed by atoms with Crippen molar-refractivity contribution in [3.05, 3.63) is 35.9 Å². The number of aryl methyl sites for hydroxylation is 1. The topological polar surface area (TPSA) is 47.7 Å². The summed E-state index contributed by atoms with van der Waals surface area (Å²) in [7, 11) is 0. The van der Waals surface area contributed by atoms with Crippen molar-refractivity contribution in [2.75, 3.05) is 0 Å². The van der Waals surface area contributed by atoms with Gasteiger partial charge in [-0.05, 0) is 19.1 Å². The van der Waals surface area contributed by atoms with Crippen LogP contribution in [0.1, 0.15) is 24.9 Å². The average molecular weight is 255 g/mol. The summed E-state index contributed by atoms with van der Waals surface area (Å²) in [6, 6.07) is 3.50. The van der Waals surface area contributed by atoms with Gasteiger partial charge in [0.05, 0.1) is 11.4 Å². The van der Waals surface area contributed by atoms with Crippen LogP contribution in [0.15, 0.2) is 24.5 Å². The number of halogens is 2. The molecular formula is C11H15F2N5. The SMILES string of the molecule is CCn1ccc(CNCc2ccn(C(F)F)n2)n1. The summed E-state index contributed by atoms with van der Waals surface area (Å²) >= 11 is 0. The zero-order valence-electron chi connectivity index (χ0n) is 10.1. The first-order valence-corrected chi connectivity index (χ1v) is 5.74. The molecule has 1 N–H and O–H groups in total. The lowest BCUT2D eigenvalue weighted by Gasteiger charge is -2.00. The van der Waals surface area contributed by atoms with Gasteiger partial charge in [-0.3, -0.25) is 4.68 Å². The van der Waals surface area contributed by atoms with Crippen LogP contribution in [0.3, 0.4) is 0 Å². The molecule has 0 atom stereocenters. The number of alkyl halides is 2. The lowest BCUT2D eigenvalue weighted by molar-refractivity contribution is 0.0561. The van der Waals surface area contributed by atoms with Gasteiger partial charge < -0.3 is 5.32 Å². The second-order valence-electron chi connectivity index (χ2n) is 3.83. The first-order chi connectivity index (χ1) is 8.69. The standard InChI is InChI=1S/C11H15F2N5/c1-2-17-5-3-9(15-17)7-14-8-10-4-6-18(16-10)11(12)13/h3-6,11,14H,2,7-8H2,1H3. The van der Waals surface area contributed by atoms with Crippen molar-refractivity contribution in [1.29, 1.82) is 0 Å². The Morgan fingerprint density at radius 1 is 1.17 bits per heavy atom. The zero-order valence-corrected chi connectivity index (χ0v) is 10.1. The van der Waals surface area contributed by atoms with Gasteiger partial charge in [0.15, 0.2) is 0 Å². The molecule has 7 heteroatoms. The molecule has 2 aromatic rings. The summed E-state index contributed by atoms with van der Waals surface area (Å²) in [6.45, 7) is 1.30. The third kappa shape index (κ3) is 3.13. The minimum absolute atomic E-state index is 0.443. The molecule has 2 rings (SSSR count). The molecule has 0 unspecified atom stereocenters. The largest absolute Gasteiger partial charge is 0.333 e. The maximum atomic E-state index is 12.3. The van der Waals surface area contributed by atoms with Crippen LogP contribution in [-0.4, -0.2) is 19.6 Å². The van der Waals surface area contributed by atoms with Gasteiger partial charge in [-0.25, -0.2) is 4.68 Å². The molecule has 0 radical (unpaired) electrons. The molecule has 0 spiro atoms. The third-order valence-corrected chi connectivity index (χ3v) is 2.50. The maximum Gasteiger partial charge on any atom is 0.333 e. The highest BCUT2D eigenvalue weighted by molar-refractivity contribution is 5.01. The molecule has 0 aliphatic carbocycles. The number of aromatic nitrogens is 4. The monoisotopic (exact) mass is 255 g/mol. The van der Waals surface area contributed by atoms with Crippen LogP contribution in [0.25, 0.3) is 0 Å². The van der Waals surface area contributed by atoms with Crippen molar-refractivity contribution in [3.8, 4) is 0 Å². The normalized spacial score (nSPS) is 11.3. The van der Waals surface area contributed by atoms with Crippen molar-refractivity contribution in [2.24, 2.45) is 0 Å². The first-order valence-electron chi connectivity index (χ1n) is 5.74. The van der Waals surface area contributed by atoms with Gasteiger partial charge in [0.1, 0.15) is 0 Å². The number of nitrogens with one attached hydrogen (secondary N) is 1. The molecule has 0 aromatic carbocycles. The number of rotatable bonds is 6. The van der Waals surface area contributed by atoms with E-state index >= 15 is 0 Å². The van der Waals surface area contributed by atoms with Crippen molar-refractivity contribution < 1.29 is 8.78 Å². The Bertz CT molecular complexity index is 491. The van der Waals surface area contributed by atoms with E-state index in [0.29, 0.717) is 23.5 Å². The van der Waals surface area contributed by atoms with Crippen molar-refractivity contribution in [3.63, 3.8) is 0 Å². The summed E-state index contributed by atoms with van der Waals surface area (Å²) in [6.07, 6.45) is 3.18. The Morgan fingerprint density at radius 3 is 2.39 bits per heavy atom. The summed E-state index contributed by atoms with van der Waals surface area (Å²) in [5, 5.41) is 11.2. The smallest absolute Gasteiger partial charge is 0.305 e. The predicted molar refractivity (Wildman–Crippen MR) is 61.9 cm³/mol. The highest BCUT2D eigenvalue weighted by Crippen LogP contribution is 2.08. The summed E-state index contributed by atoms with van der Waals surface area (Å²) in [4.78, 5) is 0. The van der Waals surface area contributed by atoms with Gasteiger partial charge in [-0.2, -0.15) is 19.0 Å². The van der Waals surface area contributed by atoms with Crippen LogP contribution in [0.5, 0.6) is 0 Å². The molecule has 18 heavy (non-hydrogen) atoms. The Hall–Kier alpha value is -1.76. The molecule has 0 bridgehead atoms. The highest BCUT2D eigenvalue weighted by Gasteiger charge is 2.07. The van der Waals surface area contributed by atoms with E-state index in [1.54, 1.807) is 6.07 Å².